The average molecular weight is 261 g/mol. The average Bonchev–Trinajstić information content (AvgIpc) is 2.39. The highest BCUT2D eigenvalue weighted by Crippen LogP contribution is 2.25. The third-order valence-corrected chi connectivity index (χ3v) is 3.32. The first-order valence-electron chi connectivity index (χ1n) is 6.22. The number of rotatable bonds is 3. The SMILES string of the molecule is CNC(c1ccc(F)c(C)c1)c1ccc(F)c(C)c1. The Morgan fingerprint density at radius 2 is 1.26 bits per heavy atom. The number of halogens is 2. The lowest BCUT2D eigenvalue weighted by Gasteiger charge is -2.18. The minimum absolute atomic E-state index is 0.0707. The highest BCUT2D eigenvalue weighted by atomic mass is 19.1. The number of hydrogen-bond acceptors (Lipinski definition) is 1. The van der Waals surface area contributed by atoms with Crippen molar-refractivity contribution in [2.24, 2.45) is 0 Å². The van der Waals surface area contributed by atoms with Gasteiger partial charge in [0, 0.05) is 0 Å². The molecule has 0 amide bonds. The van der Waals surface area contributed by atoms with Gasteiger partial charge in [-0.05, 0) is 55.3 Å². The molecule has 0 aliphatic heterocycles. The molecule has 0 radical (unpaired) electrons. The summed E-state index contributed by atoms with van der Waals surface area (Å²) in [6.07, 6.45) is 0. The van der Waals surface area contributed by atoms with E-state index < -0.39 is 0 Å². The lowest BCUT2D eigenvalue weighted by molar-refractivity contribution is 0.610. The zero-order valence-corrected chi connectivity index (χ0v) is 11.3. The molecule has 0 aliphatic rings. The normalized spacial score (nSPS) is 11.1. The molecule has 0 bridgehead atoms. The van der Waals surface area contributed by atoms with Crippen LogP contribution in [0, 0.1) is 25.5 Å². The van der Waals surface area contributed by atoms with Gasteiger partial charge in [0.15, 0.2) is 0 Å². The van der Waals surface area contributed by atoms with Gasteiger partial charge in [-0.2, -0.15) is 0 Å². The summed E-state index contributed by atoms with van der Waals surface area (Å²) in [4.78, 5) is 0. The predicted molar refractivity (Wildman–Crippen MR) is 73.2 cm³/mol. The fraction of sp³-hybridized carbons (Fsp3) is 0.250. The Bertz CT molecular complexity index is 542. The zero-order chi connectivity index (χ0) is 14.0. The van der Waals surface area contributed by atoms with E-state index in [1.807, 2.05) is 19.2 Å². The Morgan fingerprint density at radius 1 is 0.842 bits per heavy atom. The van der Waals surface area contributed by atoms with Gasteiger partial charge < -0.3 is 5.32 Å². The summed E-state index contributed by atoms with van der Waals surface area (Å²) in [5.74, 6) is -0.428. The summed E-state index contributed by atoms with van der Waals surface area (Å²) >= 11 is 0. The van der Waals surface area contributed by atoms with Gasteiger partial charge >= 0.3 is 0 Å². The molecule has 2 aromatic carbocycles. The number of nitrogens with one attached hydrogen (secondary N) is 1. The van der Waals surface area contributed by atoms with Gasteiger partial charge in [0.25, 0.3) is 0 Å². The fourth-order valence-corrected chi connectivity index (χ4v) is 2.22. The van der Waals surface area contributed by atoms with E-state index in [-0.39, 0.29) is 17.7 Å². The van der Waals surface area contributed by atoms with Crippen LogP contribution >= 0.6 is 0 Å². The zero-order valence-electron chi connectivity index (χ0n) is 11.3. The molecule has 0 unspecified atom stereocenters. The van der Waals surface area contributed by atoms with Crippen molar-refractivity contribution in [2.45, 2.75) is 19.9 Å². The van der Waals surface area contributed by atoms with Gasteiger partial charge in [0.1, 0.15) is 11.6 Å². The molecule has 2 aromatic rings. The second kappa shape index (κ2) is 5.49. The van der Waals surface area contributed by atoms with Crippen LogP contribution in [0.25, 0.3) is 0 Å². The number of hydrogen-bond donors (Lipinski definition) is 1. The van der Waals surface area contributed by atoms with E-state index in [1.54, 1.807) is 26.0 Å². The molecule has 0 saturated heterocycles. The summed E-state index contributed by atoms with van der Waals surface area (Å²) in [5.41, 5.74) is 3.15. The van der Waals surface area contributed by atoms with Crippen LogP contribution in [0.4, 0.5) is 8.78 Å². The third kappa shape index (κ3) is 2.82. The molecule has 0 aromatic heterocycles. The van der Waals surface area contributed by atoms with E-state index in [2.05, 4.69) is 5.32 Å². The van der Waals surface area contributed by atoms with Crippen LogP contribution in [0.5, 0.6) is 0 Å². The second-order valence-corrected chi connectivity index (χ2v) is 4.74. The molecule has 2 rings (SSSR count). The van der Waals surface area contributed by atoms with Gasteiger partial charge in [0.2, 0.25) is 0 Å². The molecule has 0 aliphatic carbocycles. The van der Waals surface area contributed by atoms with E-state index in [9.17, 15) is 8.78 Å². The van der Waals surface area contributed by atoms with Crippen molar-refractivity contribution < 1.29 is 8.78 Å². The van der Waals surface area contributed by atoms with Crippen LogP contribution in [0.3, 0.4) is 0 Å². The van der Waals surface area contributed by atoms with E-state index in [0.717, 1.165) is 11.1 Å². The number of benzene rings is 2. The Morgan fingerprint density at radius 3 is 1.58 bits per heavy atom. The highest BCUT2D eigenvalue weighted by molar-refractivity contribution is 5.36. The summed E-state index contributed by atoms with van der Waals surface area (Å²) in [6.45, 7) is 3.48. The second-order valence-electron chi connectivity index (χ2n) is 4.74. The van der Waals surface area contributed by atoms with Crippen LogP contribution in [-0.4, -0.2) is 7.05 Å². The van der Waals surface area contributed by atoms with Gasteiger partial charge in [-0.3, -0.25) is 0 Å². The van der Waals surface area contributed by atoms with E-state index in [1.165, 1.54) is 12.1 Å². The van der Waals surface area contributed by atoms with Crippen molar-refractivity contribution in [3.63, 3.8) is 0 Å². The molecular weight excluding hydrogens is 244 g/mol. The van der Waals surface area contributed by atoms with Gasteiger partial charge in [-0.25, -0.2) is 8.78 Å². The Labute approximate surface area is 112 Å². The molecular formula is C16H17F2N. The topological polar surface area (TPSA) is 12.0 Å². The predicted octanol–water partition coefficient (Wildman–Crippen LogP) is 3.89. The molecule has 19 heavy (non-hydrogen) atoms. The number of aryl methyl sites for hydroxylation is 2. The van der Waals surface area contributed by atoms with Crippen LogP contribution in [-0.2, 0) is 0 Å². The molecule has 1 N–H and O–H groups in total. The van der Waals surface area contributed by atoms with E-state index in [0.29, 0.717) is 11.1 Å². The van der Waals surface area contributed by atoms with E-state index >= 15 is 0 Å². The van der Waals surface area contributed by atoms with Crippen LogP contribution in [0.1, 0.15) is 28.3 Å². The highest BCUT2D eigenvalue weighted by Gasteiger charge is 2.14. The maximum atomic E-state index is 13.3. The molecule has 100 valence electrons. The lowest BCUT2D eigenvalue weighted by Crippen LogP contribution is -2.18. The first kappa shape index (κ1) is 13.7. The van der Waals surface area contributed by atoms with Crippen molar-refractivity contribution in [1.29, 1.82) is 0 Å². The van der Waals surface area contributed by atoms with Crippen molar-refractivity contribution in [3.05, 3.63) is 70.3 Å². The summed E-state index contributed by atoms with van der Waals surface area (Å²) in [6, 6.07) is 9.99. The smallest absolute Gasteiger partial charge is 0.126 e. The van der Waals surface area contributed by atoms with Crippen LogP contribution < -0.4 is 5.32 Å². The van der Waals surface area contributed by atoms with Gasteiger partial charge in [-0.1, -0.05) is 24.3 Å². The minimum Gasteiger partial charge on any atom is -0.309 e. The molecule has 0 heterocycles. The minimum atomic E-state index is -0.214. The molecule has 1 nitrogen and oxygen atoms in total. The Hall–Kier alpha value is -1.74. The largest absolute Gasteiger partial charge is 0.309 e. The standard InChI is InChI=1S/C16H17F2N/c1-10-8-12(4-6-14(10)17)16(19-3)13-5-7-15(18)11(2)9-13/h4-9,16,19H,1-3H3. The van der Waals surface area contributed by atoms with Crippen LogP contribution in [0.15, 0.2) is 36.4 Å². The molecule has 0 fully saturated rings. The van der Waals surface area contributed by atoms with Crippen molar-refractivity contribution in [2.75, 3.05) is 7.05 Å². The molecule has 0 saturated carbocycles. The third-order valence-electron chi connectivity index (χ3n) is 3.32. The van der Waals surface area contributed by atoms with Crippen molar-refractivity contribution in [3.8, 4) is 0 Å². The summed E-state index contributed by atoms with van der Waals surface area (Å²) < 4.78 is 26.6. The van der Waals surface area contributed by atoms with Crippen molar-refractivity contribution >= 4 is 0 Å². The summed E-state index contributed by atoms with van der Waals surface area (Å²) in [5, 5.41) is 3.18. The maximum Gasteiger partial charge on any atom is 0.126 e. The lowest BCUT2D eigenvalue weighted by atomic mass is 9.96. The fourth-order valence-electron chi connectivity index (χ4n) is 2.22. The first-order chi connectivity index (χ1) is 9.02. The Kier molecular flexibility index (Phi) is 3.96. The van der Waals surface area contributed by atoms with E-state index in [4.69, 9.17) is 0 Å². The summed E-state index contributed by atoms with van der Waals surface area (Å²) in [7, 11) is 1.84. The van der Waals surface area contributed by atoms with Crippen LogP contribution in [0.2, 0.25) is 0 Å². The molecule has 0 atom stereocenters. The molecule has 0 spiro atoms. The first-order valence-corrected chi connectivity index (χ1v) is 6.22. The monoisotopic (exact) mass is 261 g/mol. The van der Waals surface area contributed by atoms with Gasteiger partial charge in [0.05, 0.1) is 6.04 Å². The Balaban J connectivity index is 2.43. The van der Waals surface area contributed by atoms with Gasteiger partial charge in [-0.15, -0.1) is 0 Å². The quantitative estimate of drug-likeness (QED) is 0.883. The van der Waals surface area contributed by atoms with Crippen molar-refractivity contribution in [1.82, 2.24) is 5.32 Å². The maximum absolute atomic E-state index is 13.3. The molecule has 3 heteroatoms.